The zero-order valence-electron chi connectivity index (χ0n) is 18.2. The van der Waals surface area contributed by atoms with Crippen LogP contribution in [0.1, 0.15) is 70.1 Å². The van der Waals surface area contributed by atoms with Gasteiger partial charge in [0, 0.05) is 34.8 Å². The lowest BCUT2D eigenvalue weighted by Crippen LogP contribution is -2.32. The molecular weight excluding hydrogens is 354 g/mol. The second-order valence-electron chi connectivity index (χ2n) is 7.61. The molecule has 1 atom stereocenters. The van der Waals surface area contributed by atoms with E-state index in [9.17, 15) is 5.26 Å². The minimum Gasteiger partial charge on any atom is -0.361 e. The van der Waals surface area contributed by atoms with Gasteiger partial charge in [-0.2, -0.15) is 5.26 Å². The summed E-state index contributed by atoms with van der Waals surface area (Å²) in [5, 5.41) is 16.6. The molecule has 3 nitrogen and oxygen atoms in total. The van der Waals surface area contributed by atoms with Crippen molar-refractivity contribution in [2.75, 3.05) is 0 Å². The maximum absolute atomic E-state index is 9.39. The van der Waals surface area contributed by atoms with Crippen molar-refractivity contribution in [2.45, 2.75) is 59.8 Å². The molecule has 2 N–H and O–H groups in total. The van der Waals surface area contributed by atoms with Crippen molar-refractivity contribution < 1.29 is 0 Å². The molecule has 3 heteroatoms. The maximum atomic E-state index is 9.39. The summed E-state index contributed by atoms with van der Waals surface area (Å²) < 4.78 is 0. The summed E-state index contributed by atoms with van der Waals surface area (Å²) >= 11 is 0. The summed E-state index contributed by atoms with van der Waals surface area (Å²) in [5.74, 6) is 0.130. The maximum Gasteiger partial charge on any atom is 0.0991 e. The molecule has 2 aliphatic rings. The summed E-state index contributed by atoms with van der Waals surface area (Å²) in [6, 6.07) is 8.46. The SMILES string of the molecule is CC/C=C/C1=C(C)NC2=C(/C(=C\CC)NC=C2C)C1c1ccc(C#N)cc1CC. The normalized spacial score (nSPS) is 20.3. The molecule has 1 unspecified atom stereocenters. The van der Waals surface area contributed by atoms with Crippen LogP contribution >= 0.6 is 0 Å². The molecular formula is C26H31N3. The lowest BCUT2D eigenvalue weighted by Gasteiger charge is -2.37. The Morgan fingerprint density at radius 2 is 1.93 bits per heavy atom. The minimum absolute atomic E-state index is 0.130. The third-order valence-corrected chi connectivity index (χ3v) is 5.65. The highest BCUT2D eigenvalue weighted by Gasteiger charge is 2.34. The van der Waals surface area contributed by atoms with Crippen LogP contribution in [-0.4, -0.2) is 0 Å². The topological polar surface area (TPSA) is 47.8 Å². The molecule has 0 saturated carbocycles. The van der Waals surface area contributed by atoms with Crippen LogP contribution in [0.25, 0.3) is 0 Å². The van der Waals surface area contributed by atoms with Crippen LogP contribution in [0.15, 0.2) is 76.4 Å². The van der Waals surface area contributed by atoms with Gasteiger partial charge in [-0.25, -0.2) is 0 Å². The summed E-state index contributed by atoms with van der Waals surface area (Å²) in [5.41, 5.74) is 10.6. The molecule has 1 aromatic carbocycles. The van der Waals surface area contributed by atoms with Gasteiger partial charge in [0.1, 0.15) is 0 Å². The smallest absolute Gasteiger partial charge is 0.0991 e. The fraction of sp³-hybridized carbons (Fsp3) is 0.346. The molecule has 29 heavy (non-hydrogen) atoms. The van der Waals surface area contributed by atoms with Gasteiger partial charge >= 0.3 is 0 Å². The van der Waals surface area contributed by atoms with Crippen LogP contribution in [0.4, 0.5) is 0 Å². The molecule has 2 aliphatic heterocycles. The van der Waals surface area contributed by atoms with Crippen LogP contribution in [-0.2, 0) is 6.42 Å². The largest absolute Gasteiger partial charge is 0.361 e. The summed E-state index contributed by atoms with van der Waals surface area (Å²) in [6.45, 7) is 10.8. The number of rotatable bonds is 5. The molecule has 0 radical (unpaired) electrons. The predicted octanol–water partition coefficient (Wildman–Crippen LogP) is 6.10. The molecule has 0 saturated heterocycles. The highest BCUT2D eigenvalue weighted by Crippen LogP contribution is 2.45. The van der Waals surface area contributed by atoms with Gasteiger partial charge < -0.3 is 10.6 Å². The summed E-state index contributed by atoms with van der Waals surface area (Å²) in [6.07, 6.45) is 11.7. The number of allylic oxidation sites excluding steroid dienone is 7. The number of aryl methyl sites for hydroxylation is 1. The molecule has 0 aromatic heterocycles. The van der Waals surface area contributed by atoms with Crippen molar-refractivity contribution in [1.82, 2.24) is 10.6 Å². The average molecular weight is 386 g/mol. The number of benzene rings is 1. The van der Waals surface area contributed by atoms with Crippen LogP contribution in [0.3, 0.4) is 0 Å². The monoisotopic (exact) mass is 385 g/mol. The van der Waals surface area contributed by atoms with Gasteiger partial charge in [0.05, 0.1) is 11.6 Å². The van der Waals surface area contributed by atoms with Gasteiger partial charge in [-0.15, -0.1) is 0 Å². The van der Waals surface area contributed by atoms with E-state index in [1.54, 1.807) is 0 Å². The Morgan fingerprint density at radius 1 is 1.14 bits per heavy atom. The molecule has 0 bridgehead atoms. The van der Waals surface area contributed by atoms with Crippen LogP contribution in [0, 0.1) is 11.3 Å². The van der Waals surface area contributed by atoms with Crippen LogP contribution < -0.4 is 10.6 Å². The first-order valence-corrected chi connectivity index (χ1v) is 10.6. The molecule has 2 heterocycles. The van der Waals surface area contributed by atoms with E-state index < -0.39 is 0 Å². The first kappa shape index (κ1) is 20.7. The van der Waals surface area contributed by atoms with E-state index in [2.05, 4.69) is 87.9 Å². The first-order chi connectivity index (χ1) is 14.0. The van der Waals surface area contributed by atoms with Crippen molar-refractivity contribution in [3.05, 3.63) is 93.1 Å². The van der Waals surface area contributed by atoms with Crippen molar-refractivity contribution in [3.63, 3.8) is 0 Å². The molecule has 0 spiro atoms. The van der Waals surface area contributed by atoms with Gasteiger partial charge in [0.15, 0.2) is 0 Å². The highest BCUT2D eigenvalue weighted by molar-refractivity contribution is 5.62. The van der Waals surface area contributed by atoms with Crippen molar-refractivity contribution in [2.24, 2.45) is 0 Å². The van der Waals surface area contributed by atoms with E-state index >= 15 is 0 Å². The fourth-order valence-corrected chi connectivity index (χ4v) is 4.21. The predicted molar refractivity (Wildman–Crippen MR) is 121 cm³/mol. The first-order valence-electron chi connectivity index (χ1n) is 10.6. The Morgan fingerprint density at radius 3 is 2.59 bits per heavy atom. The summed E-state index contributed by atoms with van der Waals surface area (Å²) in [4.78, 5) is 0. The van der Waals surface area contributed by atoms with E-state index in [1.165, 1.54) is 44.9 Å². The molecule has 0 fully saturated rings. The van der Waals surface area contributed by atoms with Gasteiger partial charge in [0.2, 0.25) is 0 Å². The zero-order valence-corrected chi connectivity index (χ0v) is 18.2. The Kier molecular flexibility index (Phi) is 6.44. The van der Waals surface area contributed by atoms with E-state index in [0.717, 1.165) is 24.8 Å². The van der Waals surface area contributed by atoms with E-state index in [4.69, 9.17) is 0 Å². The lowest BCUT2D eigenvalue weighted by atomic mass is 9.75. The fourth-order valence-electron chi connectivity index (χ4n) is 4.21. The van der Waals surface area contributed by atoms with E-state index in [0.29, 0.717) is 0 Å². The van der Waals surface area contributed by atoms with Crippen molar-refractivity contribution >= 4 is 0 Å². The third-order valence-electron chi connectivity index (χ3n) is 5.65. The van der Waals surface area contributed by atoms with Gasteiger partial charge in [-0.05, 0) is 67.5 Å². The molecule has 0 amide bonds. The molecule has 1 aromatic rings. The Hall–Kier alpha value is -2.99. The summed E-state index contributed by atoms with van der Waals surface area (Å²) in [7, 11) is 0. The van der Waals surface area contributed by atoms with Gasteiger partial charge in [-0.1, -0.05) is 45.1 Å². The quantitative estimate of drug-likeness (QED) is 0.643. The Bertz CT molecular complexity index is 993. The van der Waals surface area contributed by atoms with Crippen molar-refractivity contribution in [1.29, 1.82) is 5.26 Å². The second-order valence-corrected chi connectivity index (χ2v) is 7.61. The molecule has 3 rings (SSSR count). The van der Waals surface area contributed by atoms with Gasteiger partial charge in [-0.3, -0.25) is 0 Å². The number of hydrogen-bond donors (Lipinski definition) is 2. The lowest BCUT2D eigenvalue weighted by molar-refractivity contribution is 0.759. The number of nitrogens with zero attached hydrogens (tertiary/aromatic N) is 1. The average Bonchev–Trinajstić information content (AvgIpc) is 2.74. The van der Waals surface area contributed by atoms with Crippen LogP contribution in [0.2, 0.25) is 0 Å². The number of hydrogen-bond acceptors (Lipinski definition) is 3. The third kappa shape index (κ3) is 3.93. The van der Waals surface area contributed by atoms with Crippen molar-refractivity contribution in [3.8, 4) is 6.07 Å². The minimum atomic E-state index is 0.130. The number of nitriles is 1. The second kappa shape index (κ2) is 9.01. The highest BCUT2D eigenvalue weighted by atomic mass is 15.0. The van der Waals surface area contributed by atoms with E-state index in [1.807, 2.05) is 6.07 Å². The Balaban J connectivity index is 2.30. The van der Waals surface area contributed by atoms with E-state index in [-0.39, 0.29) is 5.92 Å². The number of nitrogens with one attached hydrogen (secondary N) is 2. The Labute approximate surface area is 175 Å². The molecule has 150 valence electrons. The van der Waals surface area contributed by atoms with Gasteiger partial charge in [0.25, 0.3) is 0 Å². The standard InChI is InChI=1S/C26H31N3/c1-6-9-11-21-18(5)29-26-17(4)16-28-23(10-7-2)25(26)24(21)22-13-12-19(15-27)14-20(22)8-3/h9-14,16,24,28-29H,6-8H2,1-5H3/b11-9+,23-10+. The zero-order chi connectivity index (χ0) is 21.0. The van der Waals surface area contributed by atoms with Crippen LogP contribution in [0.5, 0.6) is 0 Å². The molecule has 0 aliphatic carbocycles. The number of dihydropyridines is 2.